The van der Waals surface area contributed by atoms with Crippen molar-refractivity contribution in [3.05, 3.63) is 83.4 Å². The minimum atomic E-state index is 0.166. The molecule has 1 fully saturated rings. The topological polar surface area (TPSA) is 66.8 Å². The molecule has 2 aliphatic carbocycles. The van der Waals surface area contributed by atoms with Crippen LogP contribution in [-0.4, -0.2) is 42.6 Å². The Kier molecular flexibility index (Phi) is 4.37. The molecule has 0 saturated heterocycles. The number of benzene rings is 2. The van der Waals surface area contributed by atoms with Gasteiger partial charge in [-0.25, -0.2) is 4.98 Å². The zero-order chi connectivity index (χ0) is 20.8. The first kappa shape index (κ1) is 18.4. The summed E-state index contributed by atoms with van der Waals surface area (Å²) in [6.45, 7) is 0.743. The number of carbonyl (C=O) groups excluding carboxylic acids is 1. The van der Waals surface area contributed by atoms with E-state index < -0.39 is 0 Å². The number of hydrogen-bond acceptors (Lipinski definition) is 3. The monoisotopic (exact) mass is 411 g/mol. The van der Waals surface area contributed by atoms with Crippen LogP contribution >= 0.6 is 0 Å². The number of aromatic nitrogens is 4. The Morgan fingerprint density at radius 1 is 1.06 bits per heavy atom. The lowest BCUT2D eigenvalue weighted by molar-refractivity contribution is 0.0643. The van der Waals surface area contributed by atoms with Gasteiger partial charge in [0.1, 0.15) is 0 Å². The van der Waals surface area contributed by atoms with E-state index in [1.807, 2.05) is 42.9 Å². The molecule has 1 N–H and O–H groups in total. The average molecular weight is 412 g/mol. The van der Waals surface area contributed by atoms with E-state index in [9.17, 15) is 4.79 Å². The second kappa shape index (κ2) is 7.38. The summed E-state index contributed by atoms with van der Waals surface area (Å²) in [5.41, 5.74) is 6.57. The summed E-state index contributed by atoms with van der Waals surface area (Å²) in [4.78, 5) is 20.1. The van der Waals surface area contributed by atoms with E-state index in [0.29, 0.717) is 6.04 Å². The Bertz CT molecular complexity index is 1230. The maximum absolute atomic E-state index is 13.5. The number of fused-ring (bicyclic) bond motifs is 2. The molecular weight excluding hydrogens is 386 g/mol. The van der Waals surface area contributed by atoms with Crippen molar-refractivity contribution >= 4 is 16.9 Å². The molecular formula is C25H25N5O. The predicted octanol–water partition coefficient (Wildman–Crippen LogP) is 3.97. The highest BCUT2D eigenvalue weighted by atomic mass is 16.2. The van der Waals surface area contributed by atoms with Gasteiger partial charge in [0, 0.05) is 29.9 Å². The maximum atomic E-state index is 13.5. The van der Waals surface area contributed by atoms with Crippen LogP contribution in [0.4, 0.5) is 0 Å². The molecule has 0 bridgehead atoms. The fourth-order valence-corrected chi connectivity index (χ4v) is 4.85. The van der Waals surface area contributed by atoms with E-state index in [1.165, 1.54) is 16.8 Å². The zero-order valence-corrected chi connectivity index (χ0v) is 17.4. The van der Waals surface area contributed by atoms with Gasteiger partial charge in [-0.1, -0.05) is 24.3 Å². The first-order valence-corrected chi connectivity index (χ1v) is 11.1. The largest absolute Gasteiger partial charge is 0.332 e. The van der Waals surface area contributed by atoms with Gasteiger partial charge in [0.15, 0.2) is 0 Å². The van der Waals surface area contributed by atoms with E-state index >= 15 is 0 Å². The molecule has 2 aromatic heterocycles. The zero-order valence-electron chi connectivity index (χ0n) is 17.4. The van der Waals surface area contributed by atoms with Crippen LogP contribution in [-0.2, 0) is 19.4 Å². The number of aryl methyl sites for hydroxylation is 1. The van der Waals surface area contributed by atoms with Crippen LogP contribution in [0, 0.1) is 0 Å². The number of rotatable bonds is 5. The highest BCUT2D eigenvalue weighted by Crippen LogP contribution is 2.34. The summed E-state index contributed by atoms with van der Waals surface area (Å²) >= 11 is 0. The number of amides is 1. The maximum Gasteiger partial charge on any atom is 0.254 e. The van der Waals surface area contributed by atoms with Crippen LogP contribution in [0.1, 0.15) is 46.4 Å². The number of carbonyl (C=O) groups is 1. The number of H-pyrrole nitrogens is 1. The van der Waals surface area contributed by atoms with E-state index in [-0.39, 0.29) is 11.9 Å². The van der Waals surface area contributed by atoms with E-state index in [4.69, 9.17) is 0 Å². The molecule has 4 aromatic rings. The van der Waals surface area contributed by atoms with Gasteiger partial charge in [-0.15, -0.1) is 0 Å². The van der Waals surface area contributed by atoms with Crippen LogP contribution < -0.4 is 0 Å². The van der Waals surface area contributed by atoms with Gasteiger partial charge in [0.05, 0.1) is 23.6 Å². The van der Waals surface area contributed by atoms with Gasteiger partial charge in [-0.05, 0) is 67.5 Å². The minimum Gasteiger partial charge on any atom is -0.332 e. The van der Waals surface area contributed by atoms with Gasteiger partial charge in [-0.3, -0.25) is 9.89 Å². The van der Waals surface area contributed by atoms with Crippen molar-refractivity contribution in [3.63, 3.8) is 0 Å². The Morgan fingerprint density at radius 3 is 2.74 bits per heavy atom. The molecule has 1 atom stereocenters. The lowest BCUT2D eigenvalue weighted by atomic mass is 9.91. The van der Waals surface area contributed by atoms with Crippen molar-refractivity contribution in [2.75, 3.05) is 0 Å². The van der Waals surface area contributed by atoms with Crippen LogP contribution in [0.2, 0.25) is 0 Å². The van der Waals surface area contributed by atoms with E-state index in [0.717, 1.165) is 55.2 Å². The number of nitrogens with one attached hydrogen (secondary N) is 1. The number of para-hydroxylation sites is 2. The number of imidazole rings is 1. The molecule has 1 unspecified atom stereocenters. The molecule has 6 nitrogen and oxygen atoms in total. The molecule has 6 rings (SSSR count). The second-order valence-corrected chi connectivity index (χ2v) is 8.77. The molecule has 1 saturated carbocycles. The smallest absolute Gasteiger partial charge is 0.254 e. The summed E-state index contributed by atoms with van der Waals surface area (Å²) in [5.74, 6) is 0.166. The quantitative estimate of drug-likeness (QED) is 0.540. The average Bonchev–Trinajstić information content (AvgIpc) is 3.38. The molecule has 1 amide bonds. The molecule has 2 aliphatic rings. The molecule has 0 radical (unpaired) electrons. The lowest BCUT2D eigenvalue weighted by Crippen LogP contribution is -2.44. The second-order valence-electron chi connectivity index (χ2n) is 8.77. The van der Waals surface area contributed by atoms with Crippen molar-refractivity contribution < 1.29 is 4.79 Å². The predicted molar refractivity (Wildman–Crippen MR) is 119 cm³/mol. The highest BCUT2D eigenvalue weighted by molar-refractivity contribution is 5.95. The van der Waals surface area contributed by atoms with Gasteiger partial charge < -0.3 is 9.47 Å². The van der Waals surface area contributed by atoms with E-state index in [2.05, 4.69) is 42.8 Å². The summed E-state index contributed by atoms with van der Waals surface area (Å²) in [7, 11) is 0. The van der Waals surface area contributed by atoms with Crippen molar-refractivity contribution in [3.8, 4) is 0 Å². The van der Waals surface area contributed by atoms with Crippen molar-refractivity contribution in [1.29, 1.82) is 0 Å². The molecule has 2 heterocycles. The first-order chi connectivity index (χ1) is 15.3. The van der Waals surface area contributed by atoms with Crippen LogP contribution in [0.25, 0.3) is 11.0 Å². The lowest BCUT2D eigenvalue weighted by Gasteiger charge is -2.34. The van der Waals surface area contributed by atoms with Crippen molar-refractivity contribution in [2.24, 2.45) is 0 Å². The minimum absolute atomic E-state index is 0.166. The molecule has 0 aliphatic heterocycles. The number of hydrogen-bond donors (Lipinski definition) is 1. The van der Waals surface area contributed by atoms with Gasteiger partial charge >= 0.3 is 0 Å². The standard InChI is InChI=1S/C25H25N5O/c31-25(30(20-9-10-20)21-11-12-22-19(13-21)14-27-28-22)18-7-5-17(6-8-18)15-29-16-26-23-3-1-2-4-24(23)29/h1-8,14,16,20-21H,9-13,15H2,(H,27,28). The molecule has 0 spiro atoms. The van der Waals surface area contributed by atoms with Crippen LogP contribution in [0.3, 0.4) is 0 Å². The molecule has 31 heavy (non-hydrogen) atoms. The fourth-order valence-electron chi connectivity index (χ4n) is 4.85. The summed E-state index contributed by atoms with van der Waals surface area (Å²) < 4.78 is 2.15. The third-order valence-electron chi connectivity index (χ3n) is 6.64. The fraction of sp³-hybridized carbons (Fsp3) is 0.320. The molecule has 156 valence electrons. The Morgan fingerprint density at radius 2 is 1.90 bits per heavy atom. The van der Waals surface area contributed by atoms with Crippen molar-refractivity contribution in [1.82, 2.24) is 24.6 Å². The SMILES string of the molecule is O=C(c1ccc(Cn2cnc3ccccc32)cc1)N(C1CC1)C1CCc2[nH]ncc2C1. The Labute approximate surface area is 180 Å². The third kappa shape index (κ3) is 3.42. The van der Waals surface area contributed by atoms with Gasteiger partial charge in [0.2, 0.25) is 0 Å². The van der Waals surface area contributed by atoms with Gasteiger partial charge in [-0.2, -0.15) is 5.10 Å². The molecule has 2 aromatic carbocycles. The Hall–Kier alpha value is -3.41. The van der Waals surface area contributed by atoms with Crippen LogP contribution in [0.15, 0.2) is 61.1 Å². The van der Waals surface area contributed by atoms with Crippen LogP contribution in [0.5, 0.6) is 0 Å². The number of nitrogens with zero attached hydrogens (tertiary/aromatic N) is 4. The molecule has 6 heteroatoms. The summed E-state index contributed by atoms with van der Waals surface area (Å²) in [6, 6.07) is 16.9. The van der Waals surface area contributed by atoms with Crippen molar-refractivity contribution in [2.45, 2.75) is 50.7 Å². The van der Waals surface area contributed by atoms with Gasteiger partial charge in [0.25, 0.3) is 5.91 Å². The summed E-state index contributed by atoms with van der Waals surface area (Å²) in [5, 5.41) is 7.28. The summed E-state index contributed by atoms with van der Waals surface area (Å²) in [6.07, 6.45) is 8.91. The van der Waals surface area contributed by atoms with E-state index in [1.54, 1.807) is 0 Å². The third-order valence-corrected chi connectivity index (χ3v) is 6.64. The normalized spacial score (nSPS) is 18.1. The first-order valence-electron chi connectivity index (χ1n) is 11.1. The number of aromatic amines is 1. The highest BCUT2D eigenvalue weighted by Gasteiger charge is 2.39. The Balaban J connectivity index is 1.21.